The van der Waals surface area contributed by atoms with Crippen molar-refractivity contribution in [2.75, 3.05) is 11.9 Å². The van der Waals surface area contributed by atoms with Crippen LogP contribution in [-0.2, 0) is 6.54 Å². The Hall–Kier alpha value is -2.37. The van der Waals surface area contributed by atoms with E-state index in [0.717, 1.165) is 23.7 Å². The first kappa shape index (κ1) is 14.0. The maximum absolute atomic E-state index is 12.1. The molecule has 2 rings (SSSR count). The average Bonchev–Trinajstić information content (AvgIpc) is 2.76. The molecule has 0 unspecified atom stereocenters. The number of carbonyl (C=O) groups excluding carboxylic acids is 1. The number of aryl methyl sites for hydroxylation is 2. The minimum Gasteiger partial charge on any atom is -0.444 e. The van der Waals surface area contributed by atoms with Crippen molar-refractivity contribution in [3.8, 4) is 0 Å². The number of hydrogen-bond donors (Lipinski definition) is 2. The molecule has 0 aliphatic heterocycles. The normalized spacial score (nSPS) is 10.3. The summed E-state index contributed by atoms with van der Waals surface area (Å²) in [5.41, 5.74) is 2.11. The quantitative estimate of drug-likeness (QED) is 0.872. The molecule has 0 spiro atoms. The molecular weight excluding hydrogens is 256 g/mol. The second-order valence-corrected chi connectivity index (χ2v) is 4.38. The lowest BCUT2D eigenvalue weighted by Crippen LogP contribution is -2.24. The first-order valence-electron chi connectivity index (χ1n) is 6.50. The van der Waals surface area contributed by atoms with Gasteiger partial charge < -0.3 is 15.1 Å². The summed E-state index contributed by atoms with van der Waals surface area (Å²) in [6, 6.07) is 1.78. The summed E-state index contributed by atoms with van der Waals surface area (Å²) in [5.74, 6) is 1.06. The van der Waals surface area contributed by atoms with E-state index in [0.29, 0.717) is 11.5 Å². The van der Waals surface area contributed by atoms with Gasteiger partial charge >= 0.3 is 0 Å². The van der Waals surface area contributed by atoms with Crippen molar-refractivity contribution in [2.24, 2.45) is 0 Å². The molecule has 0 saturated heterocycles. The molecular formula is C14H18N4O2. The van der Waals surface area contributed by atoms with Crippen LogP contribution in [0.2, 0.25) is 0 Å². The number of anilines is 1. The summed E-state index contributed by atoms with van der Waals surface area (Å²) < 4.78 is 5.42. The Morgan fingerprint density at radius 2 is 2.20 bits per heavy atom. The number of oxazole rings is 1. The van der Waals surface area contributed by atoms with E-state index in [9.17, 15) is 4.79 Å². The molecule has 6 heteroatoms. The van der Waals surface area contributed by atoms with Crippen molar-refractivity contribution in [1.82, 2.24) is 15.3 Å². The molecule has 0 saturated carbocycles. The third-order valence-electron chi connectivity index (χ3n) is 2.91. The number of rotatable bonds is 5. The summed E-state index contributed by atoms with van der Waals surface area (Å²) in [6.07, 6.45) is 3.19. The van der Waals surface area contributed by atoms with Gasteiger partial charge in [0.25, 0.3) is 5.91 Å². The van der Waals surface area contributed by atoms with Crippen molar-refractivity contribution in [3.63, 3.8) is 0 Å². The fraction of sp³-hybridized carbons (Fsp3) is 0.357. The Morgan fingerprint density at radius 1 is 1.40 bits per heavy atom. The Labute approximate surface area is 117 Å². The summed E-state index contributed by atoms with van der Waals surface area (Å²) in [5, 5.41) is 5.91. The molecule has 0 aliphatic rings. The van der Waals surface area contributed by atoms with Crippen LogP contribution >= 0.6 is 0 Å². The maximum Gasteiger partial charge on any atom is 0.255 e. The molecule has 0 aliphatic carbocycles. The van der Waals surface area contributed by atoms with Crippen LogP contribution in [0.25, 0.3) is 0 Å². The number of nitrogens with one attached hydrogen (secondary N) is 2. The number of hydrogen-bond acceptors (Lipinski definition) is 5. The zero-order valence-corrected chi connectivity index (χ0v) is 11.9. The Morgan fingerprint density at radius 3 is 2.85 bits per heavy atom. The van der Waals surface area contributed by atoms with Crippen LogP contribution in [-0.4, -0.2) is 22.4 Å². The van der Waals surface area contributed by atoms with Gasteiger partial charge in [0.1, 0.15) is 5.76 Å². The molecule has 1 amide bonds. The molecule has 0 bridgehead atoms. The van der Waals surface area contributed by atoms with E-state index in [1.807, 2.05) is 20.8 Å². The first-order valence-corrected chi connectivity index (χ1v) is 6.50. The van der Waals surface area contributed by atoms with E-state index in [4.69, 9.17) is 4.42 Å². The molecule has 2 heterocycles. The topological polar surface area (TPSA) is 80.0 Å². The van der Waals surface area contributed by atoms with Crippen LogP contribution in [0.4, 0.5) is 5.69 Å². The second kappa shape index (κ2) is 6.18. The number of carbonyl (C=O) groups is 1. The average molecular weight is 274 g/mol. The number of amides is 1. The molecule has 0 fully saturated rings. The summed E-state index contributed by atoms with van der Waals surface area (Å²) in [6.45, 7) is 6.68. The second-order valence-electron chi connectivity index (χ2n) is 4.38. The van der Waals surface area contributed by atoms with Gasteiger partial charge in [-0.15, -0.1) is 0 Å². The zero-order valence-electron chi connectivity index (χ0n) is 11.9. The van der Waals surface area contributed by atoms with Crippen molar-refractivity contribution in [2.45, 2.75) is 27.3 Å². The van der Waals surface area contributed by atoms with Crippen molar-refractivity contribution in [1.29, 1.82) is 0 Å². The van der Waals surface area contributed by atoms with Gasteiger partial charge in [-0.05, 0) is 26.8 Å². The van der Waals surface area contributed by atoms with Crippen LogP contribution in [0, 0.1) is 13.8 Å². The lowest BCUT2D eigenvalue weighted by Gasteiger charge is -2.09. The Balaban J connectivity index is 2.05. The molecule has 20 heavy (non-hydrogen) atoms. The van der Waals surface area contributed by atoms with E-state index in [1.165, 1.54) is 0 Å². The Kier molecular flexibility index (Phi) is 4.34. The molecule has 0 aromatic carbocycles. The Bertz CT molecular complexity index is 587. The van der Waals surface area contributed by atoms with Crippen LogP contribution < -0.4 is 10.6 Å². The van der Waals surface area contributed by atoms with Gasteiger partial charge in [0, 0.05) is 18.9 Å². The highest BCUT2D eigenvalue weighted by Gasteiger charge is 2.12. The number of nitrogens with zero attached hydrogens (tertiary/aromatic N) is 2. The smallest absolute Gasteiger partial charge is 0.255 e. The van der Waals surface area contributed by atoms with Crippen LogP contribution in [0.15, 0.2) is 22.9 Å². The van der Waals surface area contributed by atoms with Gasteiger partial charge in [-0.3, -0.25) is 9.78 Å². The highest BCUT2D eigenvalue weighted by molar-refractivity contribution is 5.99. The van der Waals surface area contributed by atoms with Crippen LogP contribution in [0.1, 0.15) is 34.6 Å². The third-order valence-corrected chi connectivity index (χ3v) is 2.91. The lowest BCUT2D eigenvalue weighted by atomic mass is 10.2. The van der Waals surface area contributed by atoms with Crippen molar-refractivity contribution < 1.29 is 9.21 Å². The largest absolute Gasteiger partial charge is 0.444 e. The van der Waals surface area contributed by atoms with Crippen molar-refractivity contribution in [3.05, 3.63) is 41.4 Å². The molecule has 2 N–H and O–H groups in total. The van der Waals surface area contributed by atoms with Gasteiger partial charge in [0.05, 0.1) is 23.5 Å². The molecule has 0 radical (unpaired) electrons. The van der Waals surface area contributed by atoms with E-state index in [2.05, 4.69) is 20.6 Å². The minimum absolute atomic E-state index is 0.206. The van der Waals surface area contributed by atoms with Crippen LogP contribution in [0.3, 0.4) is 0 Å². The minimum atomic E-state index is -0.206. The SMILES string of the molecule is CCNc1ccncc1C(=O)NCc1nc(C)c(C)o1. The van der Waals surface area contributed by atoms with Gasteiger partial charge in [0.2, 0.25) is 5.89 Å². The van der Waals surface area contributed by atoms with E-state index in [1.54, 1.807) is 18.5 Å². The highest BCUT2D eigenvalue weighted by atomic mass is 16.4. The van der Waals surface area contributed by atoms with Crippen LogP contribution in [0.5, 0.6) is 0 Å². The van der Waals surface area contributed by atoms with E-state index in [-0.39, 0.29) is 12.5 Å². The summed E-state index contributed by atoms with van der Waals surface area (Å²) in [7, 11) is 0. The molecule has 2 aromatic heterocycles. The predicted octanol–water partition coefficient (Wildman–Crippen LogP) is 2.05. The van der Waals surface area contributed by atoms with Gasteiger partial charge in [0.15, 0.2) is 0 Å². The molecule has 0 atom stereocenters. The monoisotopic (exact) mass is 274 g/mol. The fourth-order valence-electron chi connectivity index (χ4n) is 1.79. The summed E-state index contributed by atoms with van der Waals surface area (Å²) >= 11 is 0. The molecule has 2 aromatic rings. The number of aromatic nitrogens is 2. The van der Waals surface area contributed by atoms with Crippen molar-refractivity contribution >= 4 is 11.6 Å². The van der Waals surface area contributed by atoms with Gasteiger partial charge in [-0.2, -0.15) is 0 Å². The standard InChI is InChI=1S/C14H18N4O2/c1-4-16-12-5-6-15-7-11(12)14(19)17-8-13-18-9(2)10(3)20-13/h5-7H,4,8H2,1-3H3,(H,15,16)(H,17,19). The first-order chi connectivity index (χ1) is 9.61. The zero-order chi connectivity index (χ0) is 14.5. The van der Waals surface area contributed by atoms with Gasteiger partial charge in [-0.25, -0.2) is 4.98 Å². The number of pyridine rings is 1. The van der Waals surface area contributed by atoms with Gasteiger partial charge in [-0.1, -0.05) is 0 Å². The van der Waals surface area contributed by atoms with E-state index >= 15 is 0 Å². The summed E-state index contributed by atoms with van der Waals surface area (Å²) in [4.78, 5) is 20.3. The molecule has 106 valence electrons. The fourth-order valence-corrected chi connectivity index (χ4v) is 1.79. The molecule has 6 nitrogen and oxygen atoms in total. The highest BCUT2D eigenvalue weighted by Crippen LogP contribution is 2.13. The van der Waals surface area contributed by atoms with E-state index < -0.39 is 0 Å². The predicted molar refractivity (Wildman–Crippen MR) is 75.5 cm³/mol. The maximum atomic E-state index is 12.1. The lowest BCUT2D eigenvalue weighted by molar-refractivity contribution is 0.0947. The third kappa shape index (κ3) is 3.14.